The number of carbonyl (C=O) groups is 1. The molecule has 5 rings (SSSR count). The summed E-state index contributed by atoms with van der Waals surface area (Å²) < 4.78 is 0. The predicted octanol–water partition coefficient (Wildman–Crippen LogP) is 4.95. The van der Waals surface area contributed by atoms with Crippen LogP contribution in [-0.4, -0.2) is 82.7 Å². The number of likely N-dealkylation sites (tertiary alicyclic amines) is 1. The van der Waals surface area contributed by atoms with Crippen molar-refractivity contribution in [3.8, 4) is 11.1 Å². The number of amides is 1. The van der Waals surface area contributed by atoms with Crippen molar-refractivity contribution in [2.75, 3.05) is 38.6 Å². The number of aliphatic hydroxyl groups excluding tert-OH is 1. The van der Waals surface area contributed by atoms with Crippen molar-refractivity contribution in [3.63, 3.8) is 0 Å². The van der Waals surface area contributed by atoms with E-state index in [1.807, 2.05) is 39.1 Å². The number of aromatic amines is 1. The van der Waals surface area contributed by atoms with Crippen LogP contribution < -0.4 is 15.8 Å². The van der Waals surface area contributed by atoms with Crippen molar-refractivity contribution in [1.82, 2.24) is 25.1 Å². The second-order valence-electron chi connectivity index (χ2n) is 13.6. The fourth-order valence-electron chi connectivity index (χ4n) is 7.37. The second kappa shape index (κ2) is 14.9. The van der Waals surface area contributed by atoms with Crippen molar-refractivity contribution >= 4 is 11.6 Å². The number of aromatic nitrogens is 2. The van der Waals surface area contributed by atoms with Crippen LogP contribution in [0.15, 0.2) is 41.3 Å². The normalized spacial score (nSPS) is 20.6. The molecule has 0 radical (unpaired) electrons. The summed E-state index contributed by atoms with van der Waals surface area (Å²) in [7, 11) is 4.34. The van der Waals surface area contributed by atoms with E-state index in [1.165, 1.54) is 0 Å². The smallest absolute Gasteiger partial charge is 0.253 e. The van der Waals surface area contributed by atoms with E-state index < -0.39 is 0 Å². The molecule has 1 amide bonds. The summed E-state index contributed by atoms with van der Waals surface area (Å²) in [5.74, 6) is -0.194. The van der Waals surface area contributed by atoms with Gasteiger partial charge in [-0.15, -0.1) is 0 Å². The summed E-state index contributed by atoms with van der Waals surface area (Å²) in [4.78, 5) is 41.3. The van der Waals surface area contributed by atoms with E-state index in [0.717, 1.165) is 90.9 Å². The van der Waals surface area contributed by atoms with Crippen LogP contribution >= 0.6 is 0 Å². The molecule has 1 saturated heterocycles. The topological polar surface area (TPSA) is 105 Å². The molecule has 248 valence electrons. The molecule has 9 heteroatoms. The van der Waals surface area contributed by atoms with Gasteiger partial charge in [-0.25, -0.2) is 0 Å². The first-order valence-corrected chi connectivity index (χ1v) is 16.9. The molecule has 1 atom stereocenters. The number of piperidine rings is 1. The number of H-pyrrole nitrogens is 1. The molecule has 46 heavy (non-hydrogen) atoms. The van der Waals surface area contributed by atoms with Gasteiger partial charge in [0.25, 0.3) is 11.5 Å². The molecule has 0 unspecified atom stereocenters. The molecule has 3 aromatic rings. The third-order valence-electron chi connectivity index (χ3n) is 10.1. The maximum atomic E-state index is 13.9. The van der Waals surface area contributed by atoms with E-state index in [2.05, 4.69) is 64.2 Å². The van der Waals surface area contributed by atoms with Crippen LogP contribution in [-0.2, 0) is 13.1 Å². The first kappa shape index (κ1) is 33.8. The van der Waals surface area contributed by atoms with Gasteiger partial charge in [-0.1, -0.05) is 6.07 Å². The minimum absolute atomic E-state index is 0.159. The van der Waals surface area contributed by atoms with Crippen LogP contribution in [0.3, 0.4) is 0 Å². The number of benzene rings is 1. The van der Waals surface area contributed by atoms with Gasteiger partial charge in [0.05, 0.1) is 11.8 Å². The zero-order valence-electron chi connectivity index (χ0n) is 28.5. The minimum Gasteiger partial charge on any atom is -0.392 e. The number of hydrogen-bond acceptors (Lipinski definition) is 7. The summed E-state index contributed by atoms with van der Waals surface area (Å²) in [6.45, 7) is 11.4. The third kappa shape index (κ3) is 7.88. The fraction of sp³-hybridized carbons (Fsp3) is 0.541. The molecule has 2 aliphatic rings. The summed E-state index contributed by atoms with van der Waals surface area (Å²) in [6, 6.07) is 11.3. The average Bonchev–Trinajstić information content (AvgIpc) is 3.02. The monoisotopic (exact) mass is 628 g/mol. The summed E-state index contributed by atoms with van der Waals surface area (Å²) in [6.07, 6.45) is 8.03. The van der Waals surface area contributed by atoms with Gasteiger partial charge in [-0.2, -0.15) is 0 Å². The van der Waals surface area contributed by atoms with Crippen LogP contribution in [0.1, 0.15) is 83.9 Å². The van der Waals surface area contributed by atoms with Gasteiger partial charge in [-0.3, -0.25) is 19.5 Å². The summed E-state index contributed by atoms with van der Waals surface area (Å²) in [5, 5.41) is 13.1. The number of hydrogen-bond donors (Lipinski definition) is 3. The highest BCUT2D eigenvalue weighted by Crippen LogP contribution is 2.35. The van der Waals surface area contributed by atoms with Gasteiger partial charge >= 0.3 is 0 Å². The SMILES string of the molecule is CCN(c1cc(-c2ccc(CN3CCC[C@H](O)C3)nc2)cc(C(=O)NCc2c(C)cc(C)[nH]c2=O)c1C)[C@H]1CC[C@H](N(C)C)CC1. The largest absolute Gasteiger partial charge is 0.392 e. The zero-order chi connectivity index (χ0) is 33.0. The lowest BCUT2D eigenvalue weighted by atomic mass is 9.88. The molecule has 1 saturated carbocycles. The van der Waals surface area contributed by atoms with Gasteiger partial charge in [0.1, 0.15) is 0 Å². The Hall–Kier alpha value is -3.53. The molecule has 0 bridgehead atoms. The van der Waals surface area contributed by atoms with Crippen LogP contribution in [0.2, 0.25) is 0 Å². The first-order valence-electron chi connectivity index (χ1n) is 16.9. The summed E-state index contributed by atoms with van der Waals surface area (Å²) in [5.41, 5.74) is 7.58. The highest BCUT2D eigenvalue weighted by atomic mass is 16.3. The molecule has 1 aliphatic carbocycles. The quantitative estimate of drug-likeness (QED) is 0.292. The first-order chi connectivity index (χ1) is 22.0. The van der Waals surface area contributed by atoms with Crippen LogP contribution in [0.5, 0.6) is 0 Å². The van der Waals surface area contributed by atoms with E-state index in [9.17, 15) is 14.7 Å². The number of aliphatic hydroxyl groups is 1. The van der Waals surface area contributed by atoms with Crippen molar-refractivity contribution in [2.45, 2.75) is 97.5 Å². The minimum atomic E-state index is -0.267. The number of nitrogens with zero attached hydrogens (tertiary/aromatic N) is 4. The molecule has 0 spiro atoms. The predicted molar refractivity (Wildman–Crippen MR) is 185 cm³/mol. The highest BCUT2D eigenvalue weighted by molar-refractivity contribution is 5.99. The maximum Gasteiger partial charge on any atom is 0.253 e. The molecule has 1 aliphatic heterocycles. The Morgan fingerprint density at radius 1 is 1.04 bits per heavy atom. The number of carbonyl (C=O) groups excluding carboxylic acids is 1. The van der Waals surface area contributed by atoms with Crippen LogP contribution in [0.4, 0.5) is 5.69 Å². The van der Waals surface area contributed by atoms with E-state index in [-0.39, 0.29) is 24.1 Å². The Balaban J connectivity index is 1.45. The van der Waals surface area contributed by atoms with E-state index >= 15 is 0 Å². The molecule has 9 nitrogen and oxygen atoms in total. The van der Waals surface area contributed by atoms with Crippen molar-refractivity contribution in [1.29, 1.82) is 0 Å². The number of nitrogens with one attached hydrogen (secondary N) is 2. The molecule has 2 fully saturated rings. The van der Waals surface area contributed by atoms with Crippen molar-refractivity contribution < 1.29 is 9.90 Å². The van der Waals surface area contributed by atoms with Gasteiger partial charge in [0, 0.05) is 72.5 Å². The van der Waals surface area contributed by atoms with Gasteiger partial charge in [0.2, 0.25) is 0 Å². The van der Waals surface area contributed by atoms with E-state index in [0.29, 0.717) is 36.3 Å². The lowest BCUT2D eigenvalue weighted by Gasteiger charge is -2.40. The zero-order valence-corrected chi connectivity index (χ0v) is 28.5. The van der Waals surface area contributed by atoms with Crippen LogP contribution in [0, 0.1) is 20.8 Å². The van der Waals surface area contributed by atoms with Crippen molar-refractivity contribution in [2.24, 2.45) is 0 Å². The third-order valence-corrected chi connectivity index (χ3v) is 10.1. The number of anilines is 1. The standard InChI is InChI=1S/C37H52N6O3/c1-7-43(31-14-12-30(13-15-31)41(5)6)35-19-28(27-10-11-29(38-20-27)22-42-16-8-9-32(44)23-42)18-33(26(35)4)36(45)39-21-34-24(2)17-25(3)40-37(34)46/h10-11,17-20,30-32,44H,7-9,12-16,21-23H2,1-6H3,(H,39,45)(H,40,46)/t30-,31-,32-/m0/s1. The molecule has 3 heterocycles. The van der Waals surface area contributed by atoms with Gasteiger partial charge in [-0.05, 0) is 128 Å². The Morgan fingerprint density at radius 2 is 1.78 bits per heavy atom. The molecule has 1 aromatic carbocycles. The number of β-amino-alcohol motifs (C(OH)–C–C–N with tert-alkyl or cyclic N) is 1. The number of aryl methyl sites for hydroxylation is 2. The molecular formula is C37H52N6O3. The second-order valence-corrected chi connectivity index (χ2v) is 13.6. The van der Waals surface area contributed by atoms with Gasteiger partial charge in [0.15, 0.2) is 0 Å². The Kier molecular flexibility index (Phi) is 11.0. The van der Waals surface area contributed by atoms with E-state index in [4.69, 9.17) is 4.98 Å². The average molecular weight is 629 g/mol. The van der Waals surface area contributed by atoms with E-state index in [1.54, 1.807) is 0 Å². The Bertz CT molecular complexity index is 1560. The number of pyridine rings is 2. The Labute approximate surface area is 274 Å². The molecular weight excluding hydrogens is 576 g/mol. The van der Waals surface area contributed by atoms with Crippen molar-refractivity contribution in [3.05, 3.63) is 80.5 Å². The van der Waals surface area contributed by atoms with Gasteiger partial charge < -0.3 is 25.2 Å². The molecule has 3 N–H and O–H groups in total. The molecule has 2 aromatic heterocycles. The van der Waals surface area contributed by atoms with Crippen LogP contribution in [0.25, 0.3) is 11.1 Å². The summed E-state index contributed by atoms with van der Waals surface area (Å²) >= 11 is 0. The fourth-order valence-corrected chi connectivity index (χ4v) is 7.37. The number of rotatable bonds is 10. The Morgan fingerprint density at radius 3 is 2.41 bits per heavy atom. The maximum absolute atomic E-state index is 13.9. The lowest BCUT2D eigenvalue weighted by Crippen LogP contribution is -2.42. The lowest BCUT2D eigenvalue weighted by molar-refractivity contribution is 0.0662. The highest BCUT2D eigenvalue weighted by Gasteiger charge is 2.28.